The van der Waals surface area contributed by atoms with E-state index in [0.717, 1.165) is 18.4 Å². The van der Waals surface area contributed by atoms with Crippen LogP contribution in [0.25, 0.3) is 0 Å². The molecule has 50 heavy (non-hydrogen) atoms. The minimum atomic E-state index is -2.81. The summed E-state index contributed by atoms with van der Waals surface area (Å²) in [6, 6.07) is 8.09. The number of nitrogens with zero attached hydrogens (tertiary/aromatic N) is 1. The summed E-state index contributed by atoms with van der Waals surface area (Å²) >= 11 is 0. The van der Waals surface area contributed by atoms with Crippen LogP contribution in [-0.2, 0) is 53.6 Å². The molecule has 2 heterocycles. The van der Waals surface area contributed by atoms with E-state index in [1.54, 1.807) is 0 Å². The second-order valence-corrected chi connectivity index (χ2v) is 12.9. The van der Waals surface area contributed by atoms with Gasteiger partial charge in [-0.2, -0.15) is 0 Å². The van der Waals surface area contributed by atoms with Gasteiger partial charge in [-0.05, 0) is 57.6 Å². The highest BCUT2D eigenvalue weighted by atomic mass is 31.1. The Morgan fingerprint density at radius 1 is 1.06 bits per heavy atom. The summed E-state index contributed by atoms with van der Waals surface area (Å²) in [5, 5.41) is 8.45. The standard InChI is InChI=1S/C33H49N4O12P/c1-3-4-13-26(23-46-50(43)49-24(2)30(39)48-31(40)27-14-10-17-34-27)36-29(38)28(47-33(42)37-18-20-44-21-19-37)15-8-9-16-35-32(41)45-22-25-11-6-5-7-12-25/h5-7,11-12,24,26-28,34H,3-4,8-10,13-23H2,1-2H3,(H-,35,36,38,41)/p+1/t24?,26?,27-,28?/m0/s1. The fraction of sp³-hybridized carbons (Fsp3) is 0.667. The SMILES string of the molecule is CCCCC(CO[P+](=O)OC(C)C(=O)OC(=O)[C@@H]1CCCN1)NC(=O)C(CCCCNC(=O)OCc1ccccc1)OC(=O)N1CCOCC1. The number of hydrogen-bond donors (Lipinski definition) is 3. The molecule has 0 spiro atoms. The average molecular weight is 726 g/mol. The number of carbonyl (C=O) groups is 5. The van der Waals surface area contributed by atoms with Crippen LogP contribution in [-0.4, -0.2) is 105 Å². The van der Waals surface area contributed by atoms with E-state index in [1.807, 2.05) is 37.3 Å². The monoisotopic (exact) mass is 725 g/mol. The molecule has 278 valence electrons. The van der Waals surface area contributed by atoms with Gasteiger partial charge in [-0.3, -0.25) is 4.79 Å². The fourth-order valence-electron chi connectivity index (χ4n) is 5.04. The fourth-order valence-corrected chi connectivity index (χ4v) is 5.75. The van der Waals surface area contributed by atoms with Crippen molar-refractivity contribution in [2.45, 2.75) is 96.1 Å². The second-order valence-electron chi connectivity index (χ2n) is 12.0. The number of hydrogen-bond acceptors (Lipinski definition) is 13. The van der Waals surface area contributed by atoms with Gasteiger partial charge in [0.25, 0.3) is 5.91 Å². The van der Waals surface area contributed by atoms with Crippen molar-refractivity contribution in [1.29, 1.82) is 0 Å². The predicted molar refractivity (Wildman–Crippen MR) is 179 cm³/mol. The molecule has 5 atom stereocenters. The van der Waals surface area contributed by atoms with Crippen LogP contribution >= 0.6 is 8.25 Å². The first-order valence-electron chi connectivity index (χ1n) is 17.2. The lowest BCUT2D eigenvalue weighted by Gasteiger charge is -2.28. The quantitative estimate of drug-likeness (QED) is 0.0581. The molecule has 0 saturated carbocycles. The predicted octanol–water partition coefficient (Wildman–Crippen LogP) is 3.50. The molecule has 3 rings (SSSR count). The number of rotatable bonds is 20. The molecule has 0 aromatic heterocycles. The van der Waals surface area contributed by atoms with Crippen molar-refractivity contribution in [1.82, 2.24) is 20.9 Å². The van der Waals surface area contributed by atoms with E-state index in [2.05, 4.69) is 16.0 Å². The molecule has 2 aliphatic rings. The van der Waals surface area contributed by atoms with Crippen LogP contribution in [0.2, 0.25) is 0 Å². The first-order chi connectivity index (χ1) is 24.2. The summed E-state index contributed by atoms with van der Waals surface area (Å²) < 4.78 is 44.0. The number of morpholine rings is 1. The molecule has 17 heteroatoms. The van der Waals surface area contributed by atoms with Gasteiger partial charge in [-0.15, -0.1) is 9.05 Å². The minimum Gasteiger partial charge on any atom is -0.445 e. The summed E-state index contributed by atoms with van der Waals surface area (Å²) in [6.07, 6.45) is 0.733. The molecule has 16 nitrogen and oxygen atoms in total. The lowest BCUT2D eigenvalue weighted by Crippen LogP contribution is -2.48. The van der Waals surface area contributed by atoms with Crippen LogP contribution in [0, 0.1) is 0 Å². The van der Waals surface area contributed by atoms with Crippen LogP contribution in [0.4, 0.5) is 9.59 Å². The lowest BCUT2D eigenvalue weighted by molar-refractivity contribution is -0.165. The minimum absolute atomic E-state index is 0.139. The molecule has 2 aliphatic heterocycles. The number of esters is 2. The molecule has 2 fully saturated rings. The van der Waals surface area contributed by atoms with Crippen LogP contribution in [0.15, 0.2) is 30.3 Å². The summed E-state index contributed by atoms with van der Waals surface area (Å²) in [6.45, 7) is 5.51. The average Bonchev–Trinajstić information content (AvgIpc) is 3.67. The van der Waals surface area contributed by atoms with Gasteiger partial charge in [0.1, 0.15) is 19.3 Å². The summed E-state index contributed by atoms with van der Waals surface area (Å²) in [5.41, 5.74) is 0.861. The maximum absolute atomic E-state index is 13.5. The van der Waals surface area contributed by atoms with E-state index in [9.17, 15) is 28.5 Å². The van der Waals surface area contributed by atoms with Crippen molar-refractivity contribution in [3.8, 4) is 0 Å². The van der Waals surface area contributed by atoms with E-state index in [1.165, 1.54) is 11.8 Å². The highest BCUT2D eigenvalue weighted by Gasteiger charge is 2.35. The van der Waals surface area contributed by atoms with Gasteiger partial charge >= 0.3 is 32.4 Å². The summed E-state index contributed by atoms with van der Waals surface area (Å²) in [4.78, 5) is 64.3. The smallest absolute Gasteiger partial charge is 0.445 e. The Morgan fingerprint density at radius 3 is 2.52 bits per heavy atom. The lowest BCUT2D eigenvalue weighted by atomic mass is 10.1. The highest BCUT2D eigenvalue weighted by molar-refractivity contribution is 7.33. The molecule has 1 aromatic carbocycles. The van der Waals surface area contributed by atoms with Gasteiger partial charge in [-0.25, -0.2) is 19.2 Å². The molecule has 0 radical (unpaired) electrons. The zero-order chi connectivity index (χ0) is 36.1. The number of carbonyl (C=O) groups excluding carboxylic acids is 5. The Morgan fingerprint density at radius 2 is 1.82 bits per heavy atom. The molecule has 3 amide bonds. The maximum atomic E-state index is 13.5. The maximum Gasteiger partial charge on any atom is 0.698 e. The van der Waals surface area contributed by atoms with E-state index in [4.69, 9.17) is 28.0 Å². The van der Waals surface area contributed by atoms with Crippen molar-refractivity contribution >= 4 is 38.3 Å². The second kappa shape index (κ2) is 22.9. The van der Waals surface area contributed by atoms with Gasteiger partial charge < -0.3 is 39.8 Å². The first kappa shape index (κ1) is 40.7. The Balaban J connectivity index is 1.49. The highest BCUT2D eigenvalue weighted by Crippen LogP contribution is 2.27. The zero-order valence-electron chi connectivity index (χ0n) is 28.8. The van der Waals surface area contributed by atoms with Crippen molar-refractivity contribution in [3.63, 3.8) is 0 Å². The van der Waals surface area contributed by atoms with Crippen molar-refractivity contribution in [2.24, 2.45) is 0 Å². The number of ether oxygens (including phenoxy) is 4. The van der Waals surface area contributed by atoms with Crippen LogP contribution in [0.5, 0.6) is 0 Å². The van der Waals surface area contributed by atoms with Gasteiger partial charge in [0.15, 0.2) is 6.10 Å². The number of amides is 3. The molecule has 2 saturated heterocycles. The Kier molecular flexibility index (Phi) is 18.7. The Labute approximate surface area is 293 Å². The summed E-state index contributed by atoms with van der Waals surface area (Å²) in [7, 11) is -2.81. The third-order valence-electron chi connectivity index (χ3n) is 7.94. The molecule has 1 aromatic rings. The molecule has 0 bridgehead atoms. The van der Waals surface area contributed by atoms with Crippen LogP contribution in [0.3, 0.4) is 0 Å². The topological polar surface area (TPSA) is 197 Å². The number of nitrogens with one attached hydrogen (secondary N) is 3. The molecular formula is C33H50N4O12P+. The molecule has 4 unspecified atom stereocenters. The van der Waals surface area contributed by atoms with E-state index in [-0.39, 0.29) is 26.2 Å². The van der Waals surface area contributed by atoms with E-state index >= 15 is 0 Å². The third-order valence-corrected chi connectivity index (χ3v) is 8.78. The van der Waals surface area contributed by atoms with E-state index < -0.39 is 62.6 Å². The Bertz CT molecular complexity index is 1240. The number of unbranched alkanes of at least 4 members (excludes halogenated alkanes) is 2. The van der Waals surface area contributed by atoms with Crippen molar-refractivity contribution < 1.29 is 56.5 Å². The number of benzene rings is 1. The van der Waals surface area contributed by atoms with Crippen LogP contribution in [0.1, 0.15) is 70.8 Å². The molecule has 0 aliphatic carbocycles. The van der Waals surface area contributed by atoms with Gasteiger partial charge in [0.2, 0.25) is 6.10 Å². The van der Waals surface area contributed by atoms with Gasteiger partial charge in [0.05, 0.1) is 19.3 Å². The number of alkyl carbamates (subject to hydrolysis) is 1. The van der Waals surface area contributed by atoms with Crippen molar-refractivity contribution in [3.05, 3.63) is 35.9 Å². The van der Waals surface area contributed by atoms with Gasteiger partial charge in [0, 0.05) is 24.2 Å². The summed E-state index contributed by atoms with van der Waals surface area (Å²) in [5.74, 6) is -2.27. The van der Waals surface area contributed by atoms with Gasteiger partial charge in [-0.1, -0.05) is 50.1 Å². The first-order valence-corrected chi connectivity index (χ1v) is 18.3. The van der Waals surface area contributed by atoms with Crippen LogP contribution < -0.4 is 16.0 Å². The van der Waals surface area contributed by atoms with Crippen molar-refractivity contribution in [2.75, 3.05) is 46.0 Å². The molecule has 3 N–H and O–H groups in total. The largest absolute Gasteiger partial charge is 0.698 e. The molecular weight excluding hydrogens is 675 g/mol. The normalized spacial score (nSPS) is 17.9. The van der Waals surface area contributed by atoms with E-state index in [0.29, 0.717) is 65.0 Å². The third kappa shape index (κ3) is 15.5. The zero-order valence-corrected chi connectivity index (χ0v) is 29.7. The Hall–Kier alpha value is -3.69.